The molecular formula is C15H20F2IN3O. The number of alkyl halides is 2. The van der Waals surface area contributed by atoms with E-state index in [0.717, 1.165) is 5.56 Å². The lowest BCUT2D eigenvalue weighted by Gasteiger charge is -2.12. The maximum Gasteiger partial charge on any atom is 0.387 e. The normalized spacial score (nSPS) is 10.6. The zero-order valence-corrected chi connectivity index (χ0v) is 14.9. The third-order valence-electron chi connectivity index (χ3n) is 2.54. The first-order valence-electron chi connectivity index (χ1n) is 6.56. The number of aryl methyl sites for hydroxylation is 1. The number of benzene rings is 1. The van der Waals surface area contributed by atoms with Crippen LogP contribution in [-0.4, -0.2) is 25.7 Å². The van der Waals surface area contributed by atoms with Crippen molar-refractivity contribution in [3.8, 4) is 18.1 Å². The van der Waals surface area contributed by atoms with Crippen molar-refractivity contribution in [3.05, 3.63) is 29.3 Å². The van der Waals surface area contributed by atoms with E-state index in [2.05, 4.69) is 26.3 Å². The molecule has 0 bridgehead atoms. The number of rotatable bonds is 6. The van der Waals surface area contributed by atoms with Gasteiger partial charge in [-0.25, -0.2) is 4.99 Å². The molecule has 0 atom stereocenters. The Bertz CT molecular complexity index is 530. The van der Waals surface area contributed by atoms with E-state index < -0.39 is 6.61 Å². The zero-order valence-electron chi connectivity index (χ0n) is 12.5. The SMILES string of the molecule is C#CCNC(=NCc1cc(C)ccc1OC(F)F)NCC.I. The Morgan fingerprint density at radius 3 is 2.73 bits per heavy atom. The molecular weight excluding hydrogens is 403 g/mol. The summed E-state index contributed by atoms with van der Waals surface area (Å²) in [7, 11) is 0. The van der Waals surface area contributed by atoms with E-state index in [-0.39, 0.29) is 36.3 Å². The lowest BCUT2D eigenvalue weighted by molar-refractivity contribution is -0.0504. The minimum absolute atomic E-state index is 0. The molecule has 1 aromatic carbocycles. The van der Waals surface area contributed by atoms with Crippen LogP contribution in [0.5, 0.6) is 5.75 Å². The number of terminal acetylenes is 1. The Hall–Kier alpha value is -1.56. The van der Waals surface area contributed by atoms with E-state index in [1.807, 2.05) is 13.8 Å². The van der Waals surface area contributed by atoms with Crippen molar-refractivity contribution >= 4 is 29.9 Å². The van der Waals surface area contributed by atoms with E-state index >= 15 is 0 Å². The lowest BCUT2D eigenvalue weighted by atomic mass is 10.1. The number of nitrogens with zero attached hydrogens (tertiary/aromatic N) is 1. The summed E-state index contributed by atoms with van der Waals surface area (Å²) in [5.41, 5.74) is 1.54. The van der Waals surface area contributed by atoms with Crippen LogP contribution in [0.15, 0.2) is 23.2 Å². The molecule has 0 amide bonds. The Kier molecular flexibility index (Phi) is 10.3. The summed E-state index contributed by atoms with van der Waals surface area (Å²) in [4.78, 5) is 4.30. The van der Waals surface area contributed by atoms with Gasteiger partial charge in [-0.15, -0.1) is 30.4 Å². The fourth-order valence-electron chi connectivity index (χ4n) is 1.68. The first kappa shape index (κ1) is 20.4. The van der Waals surface area contributed by atoms with Crippen LogP contribution in [0, 0.1) is 19.3 Å². The van der Waals surface area contributed by atoms with Crippen molar-refractivity contribution in [1.29, 1.82) is 0 Å². The third-order valence-corrected chi connectivity index (χ3v) is 2.54. The summed E-state index contributed by atoms with van der Waals surface area (Å²) in [6.07, 6.45) is 5.18. The van der Waals surface area contributed by atoms with Gasteiger partial charge >= 0.3 is 6.61 Å². The maximum atomic E-state index is 12.4. The topological polar surface area (TPSA) is 45.7 Å². The monoisotopic (exact) mass is 423 g/mol. The Morgan fingerprint density at radius 1 is 1.41 bits per heavy atom. The molecule has 0 aliphatic carbocycles. The molecule has 0 unspecified atom stereocenters. The quantitative estimate of drug-likeness (QED) is 0.320. The molecule has 0 aromatic heterocycles. The number of ether oxygens (including phenoxy) is 1. The van der Waals surface area contributed by atoms with E-state index in [0.29, 0.717) is 24.6 Å². The molecule has 22 heavy (non-hydrogen) atoms. The average Bonchev–Trinajstić information content (AvgIpc) is 2.44. The van der Waals surface area contributed by atoms with E-state index in [4.69, 9.17) is 6.42 Å². The number of hydrogen-bond acceptors (Lipinski definition) is 2. The lowest BCUT2D eigenvalue weighted by Crippen LogP contribution is -2.37. The van der Waals surface area contributed by atoms with Crippen LogP contribution in [0.2, 0.25) is 0 Å². The molecule has 0 saturated carbocycles. The molecule has 0 heterocycles. The van der Waals surface area contributed by atoms with Crippen LogP contribution in [0.4, 0.5) is 8.78 Å². The van der Waals surface area contributed by atoms with Gasteiger partial charge in [0.05, 0.1) is 13.1 Å². The first-order valence-corrected chi connectivity index (χ1v) is 6.56. The Labute approximate surface area is 146 Å². The summed E-state index contributed by atoms with van der Waals surface area (Å²) in [5.74, 6) is 3.10. The number of halogens is 3. The van der Waals surface area contributed by atoms with Crippen molar-refractivity contribution in [1.82, 2.24) is 10.6 Å². The van der Waals surface area contributed by atoms with Gasteiger partial charge < -0.3 is 15.4 Å². The summed E-state index contributed by atoms with van der Waals surface area (Å²) in [6.45, 7) is 2.16. The van der Waals surface area contributed by atoms with Crippen LogP contribution >= 0.6 is 24.0 Å². The molecule has 1 rings (SSSR count). The van der Waals surface area contributed by atoms with Gasteiger partial charge in [0.15, 0.2) is 5.96 Å². The van der Waals surface area contributed by atoms with Crippen molar-refractivity contribution in [2.24, 2.45) is 4.99 Å². The molecule has 1 aromatic rings. The second-order valence-corrected chi connectivity index (χ2v) is 4.24. The van der Waals surface area contributed by atoms with Crippen LogP contribution in [0.3, 0.4) is 0 Å². The Morgan fingerprint density at radius 2 is 2.14 bits per heavy atom. The Balaban J connectivity index is 0.00000441. The standard InChI is InChI=1S/C15H19F2N3O.HI/c1-4-8-19-15(18-5-2)20-10-12-9-11(3)6-7-13(12)21-14(16)17;/h1,6-7,9,14H,5,8,10H2,2-3H3,(H2,18,19,20);1H. The highest BCUT2D eigenvalue weighted by atomic mass is 127. The van der Waals surface area contributed by atoms with Crippen LogP contribution < -0.4 is 15.4 Å². The molecule has 0 fully saturated rings. The molecule has 4 nitrogen and oxygen atoms in total. The minimum atomic E-state index is -2.86. The van der Waals surface area contributed by atoms with Crippen LogP contribution in [0.1, 0.15) is 18.1 Å². The highest BCUT2D eigenvalue weighted by Crippen LogP contribution is 2.22. The van der Waals surface area contributed by atoms with Gasteiger partial charge in [-0.05, 0) is 19.9 Å². The highest BCUT2D eigenvalue weighted by molar-refractivity contribution is 14.0. The smallest absolute Gasteiger partial charge is 0.387 e. The zero-order chi connectivity index (χ0) is 15.7. The molecule has 0 aliphatic rings. The number of guanidine groups is 1. The van der Waals surface area contributed by atoms with Crippen molar-refractivity contribution in [3.63, 3.8) is 0 Å². The summed E-state index contributed by atoms with van der Waals surface area (Å²) >= 11 is 0. The number of hydrogen-bond donors (Lipinski definition) is 2. The van der Waals surface area contributed by atoms with Gasteiger partial charge in [-0.3, -0.25) is 0 Å². The van der Waals surface area contributed by atoms with Gasteiger partial charge in [0.2, 0.25) is 0 Å². The first-order chi connectivity index (χ1) is 10.1. The van der Waals surface area contributed by atoms with Crippen LogP contribution in [0.25, 0.3) is 0 Å². The fourth-order valence-corrected chi connectivity index (χ4v) is 1.68. The summed E-state index contributed by atoms with van der Waals surface area (Å²) < 4.78 is 29.3. The van der Waals surface area contributed by atoms with Gasteiger partial charge in [0, 0.05) is 12.1 Å². The van der Waals surface area contributed by atoms with Gasteiger partial charge in [-0.1, -0.05) is 23.6 Å². The summed E-state index contributed by atoms with van der Waals surface area (Å²) in [6, 6.07) is 5.01. The third kappa shape index (κ3) is 7.45. The number of nitrogens with one attached hydrogen (secondary N) is 2. The predicted octanol–water partition coefficient (Wildman–Crippen LogP) is 2.90. The second kappa shape index (κ2) is 11.1. The van der Waals surface area contributed by atoms with E-state index in [9.17, 15) is 8.78 Å². The molecule has 122 valence electrons. The van der Waals surface area contributed by atoms with Gasteiger partial charge in [0.25, 0.3) is 0 Å². The summed E-state index contributed by atoms with van der Waals surface area (Å²) in [5, 5.41) is 5.95. The van der Waals surface area contributed by atoms with Crippen LogP contribution in [-0.2, 0) is 6.54 Å². The molecule has 0 spiro atoms. The average molecular weight is 423 g/mol. The van der Waals surface area contributed by atoms with Crippen molar-refractivity contribution in [2.75, 3.05) is 13.1 Å². The highest BCUT2D eigenvalue weighted by Gasteiger charge is 2.09. The van der Waals surface area contributed by atoms with Gasteiger partial charge in [0.1, 0.15) is 5.75 Å². The van der Waals surface area contributed by atoms with Crippen molar-refractivity contribution < 1.29 is 13.5 Å². The predicted molar refractivity (Wildman–Crippen MR) is 94.9 cm³/mol. The van der Waals surface area contributed by atoms with Gasteiger partial charge in [-0.2, -0.15) is 8.78 Å². The van der Waals surface area contributed by atoms with Crippen molar-refractivity contribution in [2.45, 2.75) is 27.0 Å². The molecule has 7 heteroatoms. The van der Waals surface area contributed by atoms with E-state index in [1.54, 1.807) is 12.1 Å². The molecule has 0 radical (unpaired) electrons. The molecule has 0 aliphatic heterocycles. The fraction of sp³-hybridized carbons (Fsp3) is 0.400. The molecule has 0 saturated heterocycles. The second-order valence-electron chi connectivity index (χ2n) is 4.24. The number of aliphatic imine (C=N–C) groups is 1. The van der Waals surface area contributed by atoms with E-state index in [1.165, 1.54) is 6.07 Å². The minimum Gasteiger partial charge on any atom is -0.434 e. The largest absolute Gasteiger partial charge is 0.434 e. The maximum absolute atomic E-state index is 12.4. The molecule has 2 N–H and O–H groups in total.